The molecule has 4 fully saturated rings. The Kier molecular flexibility index (Phi) is 3.76. The first-order valence-electron chi connectivity index (χ1n) is 10.1. The zero-order valence-electron chi connectivity index (χ0n) is 15.6. The van der Waals surface area contributed by atoms with Gasteiger partial charge >= 0.3 is 0 Å². The molecule has 0 heterocycles. The molecule has 0 unspecified atom stereocenters. The molecule has 0 aliphatic heterocycles. The van der Waals surface area contributed by atoms with E-state index in [0.717, 1.165) is 44.4 Å². The van der Waals surface area contributed by atoms with Gasteiger partial charge in [-0.2, -0.15) is 0 Å². The second-order valence-electron chi connectivity index (χ2n) is 10.00. The lowest BCUT2D eigenvalue weighted by atomic mass is 9.44. The van der Waals surface area contributed by atoms with Crippen molar-refractivity contribution in [2.75, 3.05) is 0 Å². The highest BCUT2D eigenvalue weighted by atomic mass is 16.3. The van der Waals surface area contributed by atoms with Gasteiger partial charge in [0, 0.05) is 5.41 Å². The lowest BCUT2D eigenvalue weighted by molar-refractivity contribution is -0.170. The normalized spacial score (nSPS) is 57.0. The number of aliphatic hydroxyl groups is 2. The van der Waals surface area contributed by atoms with Crippen LogP contribution in [0.15, 0.2) is 0 Å². The van der Waals surface area contributed by atoms with Crippen LogP contribution >= 0.6 is 0 Å². The Labute approximate surface area is 146 Å². The first kappa shape index (κ1) is 17.0. The second-order valence-corrected chi connectivity index (χ2v) is 10.00. The summed E-state index contributed by atoms with van der Waals surface area (Å²) >= 11 is 0. The highest BCUT2D eigenvalue weighted by Crippen LogP contribution is 2.68. The van der Waals surface area contributed by atoms with Gasteiger partial charge < -0.3 is 10.2 Å². The van der Waals surface area contributed by atoms with E-state index in [-0.39, 0.29) is 17.3 Å². The van der Waals surface area contributed by atoms with Crippen LogP contribution in [0.2, 0.25) is 0 Å². The van der Waals surface area contributed by atoms with Crippen LogP contribution in [0.1, 0.15) is 78.6 Å². The molecule has 3 heteroatoms. The Balaban J connectivity index is 1.65. The van der Waals surface area contributed by atoms with Crippen molar-refractivity contribution in [3.05, 3.63) is 0 Å². The molecule has 0 aromatic heterocycles. The molecule has 4 rings (SSSR count). The summed E-state index contributed by atoms with van der Waals surface area (Å²) in [5.41, 5.74) is -0.957. The Morgan fingerprint density at radius 1 is 0.958 bits per heavy atom. The van der Waals surface area contributed by atoms with Gasteiger partial charge in [0.25, 0.3) is 0 Å². The van der Waals surface area contributed by atoms with Crippen LogP contribution in [0.4, 0.5) is 0 Å². The van der Waals surface area contributed by atoms with E-state index in [1.54, 1.807) is 6.92 Å². The van der Waals surface area contributed by atoms with Crippen molar-refractivity contribution in [2.45, 2.75) is 90.3 Å². The van der Waals surface area contributed by atoms with Crippen molar-refractivity contribution in [3.8, 4) is 0 Å². The smallest absolute Gasteiger partial charge is 0.161 e. The van der Waals surface area contributed by atoms with Gasteiger partial charge in [0.05, 0.1) is 6.10 Å². The van der Waals surface area contributed by atoms with Gasteiger partial charge in [0.1, 0.15) is 5.60 Å². The Bertz CT molecular complexity index is 545. The van der Waals surface area contributed by atoms with Gasteiger partial charge in [-0.1, -0.05) is 13.8 Å². The van der Waals surface area contributed by atoms with E-state index in [9.17, 15) is 15.0 Å². The van der Waals surface area contributed by atoms with Gasteiger partial charge in [-0.15, -0.1) is 0 Å². The van der Waals surface area contributed by atoms with E-state index in [0.29, 0.717) is 29.6 Å². The molecule has 3 nitrogen and oxygen atoms in total. The molecule has 8 atom stereocenters. The van der Waals surface area contributed by atoms with E-state index in [1.165, 1.54) is 12.8 Å². The van der Waals surface area contributed by atoms with Crippen molar-refractivity contribution in [1.29, 1.82) is 0 Å². The molecule has 0 aromatic rings. The minimum Gasteiger partial charge on any atom is -0.393 e. The fourth-order valence-electron chi connectivity index (χ4n) is 7.83. The molecule has 0 amide bonds. The van der Waals surface area contributed by atoms with Gasteiger partial charge in [0.2, 0.25) is 0 Å². The Hall–Kier alpha value is -0.410. The number of aliphatic hydroxyl groups excluding tert-OH is 1. The minimum absolute atomic E-state index is 0.0216. The molecule has 0 saturated heterocycles. The number of hydrogen-bond donors (Lipinski definition) is 2. The summed E-state index contributed by atoms with van der Waals surface area (Å²) in [6, 6.07) is 0. The summed E-state index contributed by atoms with van der Waals surface area (Å²) in [4.78, 5) is 12.2. The molecule has 0 spiro atoms. The topological polar surface area (TPSA) is 57.5 Å². The lowest BCUT2D eigenvalue weighted by Gasteiger charge is -2.61. The third-order valence-electron chi connectivity index (χ3n) is 9.37. The standard InChI is InChI=1S/C21H34O3/c1-13(22)21(24)11-8-18-16-5-4-14-12-15(23)6-9-19(14,2)17(16)7-10-20(18,21)3/h14-18,23-24H,4-12H2,1-3H3/t14-,15-,16-,17+,18-,19-,20-,21-/m0/s1. The van der Waals surface area contributed by atoms with Gasteiger partial charge in [-0.3, -0.25) is 4.79 Å². The average Bonchev–Trinajstić information content (AvgIpc) is 2.81. The van der Waals surface area contributed by atoms with Crippen LogP contribution < -0.4 is 0 Å². The molecule has 24 heavy (non-hydrogen) atoms. The number of carbonyl (C=O) groups is 1. The molecule has 0 bridgehead atoms. The van der Waals surface area contributed by atoms with Crippen LogP contribution in [-0.2, 0) is 4.79 Å². The quantitative estimate of drug-likeness (QED) is 0.768. The lowest BCUT2D eigenvalue weighted by Crippen LogP contribution is -2.58. The predicted molar refractivity (Wildman–Crippen MR) is 93.4 cm³/mol. The van der Waals surface area contributed by atoms with E-state index in [2.05, 4.69) is 13.8 Å². The van der Waals surface area contributed by atoms with Crippen molar-refractivity contribution >= 4 is 5.78 Å². The Morgan fingerprint density at radius 2 is 1.67 bits per heavy atom. The first-order valence-corrected chi connectivity index (χ1v) is 10.1. The third kappa shape index (κ3) is 2.00. The number of carbonyl (C=O) groups excluding carboxylic acids is 1. The van der Waals surface area contributed by atoms with Crippen molar-refractivity contribution in [3.63, 3.8) is 0 Å². The maximum absolute atomic E-state index is 12.2. The highest BCUT2D eigenvalue weighted by Gasteiger charge is 2.65. The SMILES string of the molecule is CC(=O)[C@@]1(O)CC[C@H]2[C@H]3CC[C@H]4C[C@@H](O)CC[C@]4(C)[C@@H]3CC[C@@]21C. The zero-order chi connectivity index (χ0) is 17.3. The zero-order valence-corrected chi connectivity index (χ0v) is 15.6. The fraction of sp³-hybridized carbons (Fsp3) is 0.952. The van der Waals surface area contributed by atoms with E-state index in [4.69, 9.17) is 0 Å². The molecule has 2 N–H and O–H groups in total. The molecular formula is C21H34O3. The van der Waals surface area contributed by atoms with Crippen molar-refractivity contribution in [1.82, 2.24) is 0 Å². The molecule has 4 aliphatic carbocycles. The van der Waals surface area contributed by atoms with Gasteiger partial charge in [-0.25, -0.2) is 0 Å². The molecule has 4 saturated carbocycles. The number of Topliss-reactive ketones (excluding diaryl/α,β-unsaturated/α-hetero) is 1. The van der Waals surface area contributed by atoms with Crippen LogP contribution in [0.3, 0.4) is 0 Å². The van der Waals surface area contributed by atoms with Crippen molar-refractivity contribution < 1.29 is 15.0 Å². The van der Waals surface area contributed by atoms with Gasteiger partial charge in [-0.05, 0) is 93.8 Å². The highest BCUT2D eigenvalue weighted by molar-refractivity contribution is 5.86. The third-order valence-corrected chi connectivity index (χ3v) is 9.37. The summed E-state index contributed by atoms with van der Waals surface area (Å²) < 4.78 is 0. The molecular weight excluding hydrogens is 300 g/mol. The monoisotopic (exact) mass is 334 g/mol. The van der Waals surface area contributed by atoms with E-state index < -0.39 is 5.60 Å². The predicted octanol–water partition coefficient (Wildman–Crippen LogP) is 3.71. The average molecular weight is 335 g/mol. The maximum Gasteiger partial charge on any atom is 0.161 e. The molecule has 4 aliphatic rings. The first-order chi connectivity index (χ1) is 11.2. The summed E-state index contributed by atoms with van der Waals surface area (Å²) in [6.45, 7) is 6.26. The molecule has 136 valence electrons. The van der Waals surface area contributed by atoms with Crippen molar-refractivity contribution in [2.24, 2.45) is 34.5 Å². The summed E-state index contributed by atoms with van der Waals surface area (Å²) in [6.07, 6.45) is 9.25. The number of fused-ring (bicyclic) bond motifs is 5. The van der Waals surface area contributed by atoms with Crippen LogP contribution in [0.5, 0.6) is 0 Å². The Morgan fingerprint density at radius 3 is 2.38 bits per heavy atom. The van der Waals surface area contributed by atoms with Crippen LogP contribution in [0.25, 0.3) is 0 Å². The fourth-order valence-corrected chi connectivity index (χ4v) is 7.83. The summed E-state index contributed by atoms with van der Waals surface area (Å²) in [5.74, 6) is 2.52. The van der Waals surface area contributed by atoms with E-state index >= 15 is 0 Å². The van der Waals surface area contributed by atoms with Crippen LogP contribution in [0, 0.1) is 34.5 Å². The van der Waals surface area contributed by atoms with Gasteiger partial charge in [0.15, 0.2) is 5.78 Å². The largest absolute Gasteiger partial charge is 0.393 e. The van der Waals surface area contributed by atoms with Crippen LogP contribution in [-0.4, -0.2) is 27.7 Å². The second kappa shape index (κ2) is 5.30. The molecule has 0 radical (unpaired) electrons. The summed E-state index contributed by atoms with van der Waals surface area (Å²) in [7, 11) is 0. The van der Waals surface area contributed by atoms with E-state index in [1.807, 2.05) is 0 Å². The minimum atomic E-state index is -1.09. The summed E-state index contributed by atoms with van der Waals surface area (Å²) in [5, 5.41) is 21.3. The maximum atomic E-state index is 12.2. The number of rotatable bonds is 1. The molecule has 0 aromatic carbocycles. The number of ketones is 1. The number of hydrogen-bond acceptors (Lipinski definition) is 3.